The van der Waals surface area contributed by atoms with Gasteiger partial charge in [-0.15, -0.1) is 0 Å². The van der Waals surface area contributed by atoms with Crippen molar-refractivity contribution in [2.24, 2.45) is 0 Å². The van der Waals surface area contributed by atoms with E-state index in [9.17, 15) is 4.79 Å². The first-order valence-electron chi connectivity index (χ1n) is 9.46. The average molecular weight is 386 g/mol. The lowest BCUT2D eigenvalue weighted by atomic mass is 9.85. The smallest absolute Gasteiger partial charge is 0.303 e. The fourth-order valence-corrected chi connectivity index (χ4v) is 2.90. The highest BCUT2D eigenvalue weighted by molar-refractivity contribution is 5.67. The third-order valence-electron chi connectivity index (χ3n) is 4.40. The molecule has 0 spiro atoms. The Kier molecular flexibility index (Phi) is 7.32. The molecule has 28 heavy (non-hydrogen) atoms. The zero-order valence-electron chi connectivity index (χ0n) is 17.4. The lowest BCUT2D eigenvalue weighted by molar-refractivity contribution is -0.136. The van der Waals surface area contributed by atoms with Crippen LogP contribution in [0.25, 0.3) is 0 Å². The molecule has 0 aliphatic heterocycles. The Morgan fingerprint density at radius 2 is 1.61 bits per heavy atom. The van der Waals surface area contributed by atoms with Gasteiger partial charge in [-0.2, -0.15) is 0 Å². The first-order chi connectivity index (χ1) is 13.2. The van der Waals surface area contributed by atoms with Gasteiger partial charge in [0.25, 0.3) is 0 Å². The average Bonchev–Trinajstić information content (AvgIpc) is 2.63. The zero-order chi connectivity index (χ0) is 20.7. The number of methoxy groups -OCH3 is 1. The van der Waals surface area contributed by atoms with Gasteiger partial charge in [-0.25, -0.2) is 0 Å². The van der Waals surface area contributed by atoms with Gasteiger partial charge in [0.05, 0.1) is 7.11 Å². The maximum atomic E-state index is 10.8. The molecule has 0 fully saturated rings. The summed E-state index contributed by atoms with van der Waals surface area (Å²) in [5.74, 6) is 1.25. The van der Waals surface area contributed by atoms with Crippen LogP contribution in [0.15, 0.2) is 36.4 Å². The highest BCUT2D eigenvalue weighted by Gasteiger charge is 2.19. The molecule has 2 aromatic carbocycles. The van der Waals surface area contributed by atoms with Crippen LogP contribution in [0.5, 0.6) is 17.2 Å². The van der Waals surface area contributed by atoms with E-state index in [2.05, 4.69) is 33.8 Å². The molecule has 0 aromatic heterocycles. The van der Waals surface area contributed by atoms with E-state index < -0.39 is 5.97 Å². The van der Waals surface area contributed by atoms with Crippen LogP contribution in [0.1, 0.15) is 43.9 Å². The van der Waals surface area contributed by atoms with E-state index >= 15 is 0 Å². The van der Waals surface area contributed by atoms with Crippen LogP contribution in [0.2, 0.25) is 0 Å². The topological polar surface area (TPSA) is 65.0 Å². The number of carbonyl (C=O) groups is 1. The summed E-state index contributed by atoms with van der Waals surface area (Å²) in [7, 11) is 1.58. The third-order valence-corrected chi connectivity index (χ3v) is 4.40. The van der Waals surface area contributed by atoms with Gasteiger partial charge in [-0.3, -0.25) is 4.79 Å². The van der Waals surface area contributed by atoms with Crippen molar-refractivity contribution in [3.63, 3.8) is 0 Å². The van der Waals surface area contributed by atoms with Gasteiger partial charge in [0, 0.05) is 6.42 Å². The second-order valence-corrected chi connectivity index (χ2v) is 7.83. The maximum Gasteiger partial charge on any atom is 0.303 e. The zero-order valence-corrected chi connectivity index (χ0v) is 17.4. The summed E-state index contributed by atoms with van der Waals surface area (Å²) in [4.78, 5) is 10.8. The van der Waals surface area contributed by atoms with Crippen LogP contribution >= 0.6 is 0 Å². The minimum Gasteiger partial charge on any atom is -0.493 e. The minimum atomic E-state index is -0.820. The van der Waals surface area contributed by atoms with E-state index in [1.165, 1.54) is 11.1 Å². The summed E-state index contributed by atoms with van der Waals surface area (Å²) in [5, 5.41) is 8.85. The quantitative estimate of drug-likeness (QED) is 0.629. The SMILES string of the molecule is COc1ccc(CCC(=O)O)cc1OCCOc1ccc(C)cc1C(C)(C)C. The number of rotatable bonds is 9. The summed E-state index contributed by atoms with van der Waals surface area (Å²) in [6.45, 7) is 9.33. The summed E-state index contributed by atoms with van der Waals surface area (Å²) in [6.07, 6.45) is 0.530. The van der Waals surface area contributed by atoms with Crippen molar-refractivity contribution in [3.05, 3.63) is 53.1 Å². The normalized spacial score (nSPS) is 11.2. The van der Waals surface area contributed by atoms with E-state index in [-0.39, 0.29) is 11.8 Å². The maximum absolute atomic E-state index is 10.8. The number of ether oxygens (including phenoxy) is 3. The highest BCUT2D eigenvalue weighted by atomic mass is 16.5. The van der Waals surface area contributed by atoms with Crippen molar-refractivity contribution in [1.29, 1.82) is 0 Å². The number of aryl methyl sites for hydroxylation is 2. The van der Waals surface area contributed by atoms with E-state index in [0.717, 1.165) is 11.3 Å². The molecule has 0 atom stereocenters. The van der Waals surface area contributed by atoms with Crippen molar-refractivity contribution >= 4 is 5.97 Å². The summed E-state index contributed by atoms with van der Waals surface area (Å²) in [5.41, 5.74) is 3.26. The number of benzene rings is 2. The first-order valence-corrected chi connectivity index (χ1v) is 9.46. The monoisotopic (exact) mass is 386 g/mol. The predicted molar refractivity (Wildman–Crippen MR) is 110 cm³/mol. The lowest BCUT2D eigenvalue weighted by Crippen LogP contribution is -2.16. The molecule has 0 radical (unpaired) electrons. The second kappa shape index (κ2) is 9.49. The molecule has 2 rings (SSSR count). The van der Waals surface area contributed by atoms with E-state index in [0.29, 0.717) is 31.1 Å². The largest absolute Gasteiger partial charge is 0.493 e. The predicted octanol–water partition coefficient (Wildman–Crippen LogP) is 4.78. The number of aliphatic carboxylic acids is 1. The molecule has 1 N–H and O–H groups in total. The number of carboxylic acids is 1. The number of hydrogen-bond acceptors (Lipinski definition) is 4. The number of carboxylic acid groups (broad SMARTS) is 1. The molecule has 2 aromatic rings. The number of hydrogen-bond donors (Lipinski definition) is 1. The Balaban J connectivity index is 2.00. The van der Waals surface area contributed by atoms with E-state index in [1.807, 2.05) is 24.3 Å². The second-order valence-electron chi connectivity index (χ2n) is 7.83. The molecule has 0 unspecified atom stereocenters. The molecule has 0 saturated heterocycles. The molecule has 0 bridgehead atoms. The summed E-state index contributed by atoms with van der Waals surface area (Å²) in [6, 6.07) is 11.7. The van der Waals surface area contributed by atoms with Crippen molar-refractivity contribution in [2.75, 3.05) is 20.3 Å². The van der Waals surface area contributed by atoms with Crippen LogP contribution in [-0.2, 0) is 16.6 Å². The molecule has 0 aliphatic rings. The molecule has 0 saturated carbocycles. The van der Waals surface area contributed by atoms with Gasteiger partial charge in [0.1, 0.15) is 19.0 Å². The molecule has 5 nitrogen and oxygen atoms in total. The van der Waals surface area contributed by atoms with E-state index in [4.69, 9.17) is 19.3 Å². The van der Waals surface area contributed by atoms with Gasteiger partial charge in [0.15, 0.2) is 11.5 Å². The Labute approximate surface area is 167 Å². The Morgan fingerprint density at radius 3 is 2.21 bits per heavy atom. The Morgan fingerprint density at radius 1 is 0.964 bits per heavy atom. The minimum absolute atomic E-state index is 0.0100. The Hall–Kier alpha value is -2.69. The first kappa shape index (κ1) is 21.6. The summed E-state index contributed by atoms with van der Waals surface area (Å²) >= 11 is 0. The molecule has 5 heteroatoms. The molecule has 0 heterocycles. The van der Waals surface area contributed by atoms with Gasteiger partial charge < -0.3 is 19.3 Å². The summed E-state index contributed by atoms with van der Waals surface area (Å²) < 4.78 is 17.2. The standard InChI is InChI=1S/C23H30O5/c1-16-6-9-19(18(14-16)23(2,3)4)27-12-13-28-21-15-17(8-11-22(24)25)7-10-20(21)26-5/h6-7,9-10,14-15H,8,11-13H2,1-5H3,(H,24,25). The van der Waals surface area contributed by atoms with Crippen molar-refractivity contribution in [3.8, 4) is 17.2 Å². The van der Waals surface area contributed by atoms with Crippen LogP contribution in [-0.4, -0.2) is 31.4 Å². The van der Waals surface area contributed by atoms with Crippen LogP contribution in [0.3, 0.4) is 0 Å². The Bertz CT molecular complexity index is 805. The van der Waals surface area contributed by atoms with Gasteiger partial charge in [-0.1, -0.05) is 44.5 Å². The van der Waals surface area contributed by atoms with Crippen molar-refractivity contribution < 1.29 is 24.1 Å². The fraction of sp³-hybridized carbons (Fsp3) is 0.435. The highest BCUT2D eigenvalue weighted by Crippen LogP contribution is 2.32. The molecule has 0 amide bonds. The molecule has 152 valence electrons. The molecular weight excluding hydrogens is 356 g/mol. The fourth-order valence-electron chi connectivity index (χ4n) is 2.90. The molecular formula is C23H30O5. The third kappa shape index (κ3) is 6.19. The van der Waals surface area contributed by atoms with Crippen molar-refractivity contribution in [2.45, 2.75) is 46.0 Å². The van der Waals surface area contributed by atoms with Gasteiger partial charge in [-0.05, 0) is 48.1 Å². The van der Waals surface area contributed by atoms with E-state index in [1.54, 1.807) is 13.2 Å². The van der Waals surface area contributed by atoms with Gasteiger partial charge in [0.2, 0.25) is 0 Å². The van der Waals surface area contributed by atoms with Crippen LogP contribution < -0.4 is 14.2 Å². The van der Waals surface area contributed by atoms with Gasteiger partial charge >= 0.3 is 5.97 Å². The van der Waals surface area contributed by atoms with Crippen LogP contribution in [0, 0.1) is 6.92 Å². The lowest BCUT2D eigenvalue weighted by Gasteiger charge is -2.23. The molecule has 0 aliphatic carbocycles. The van der Waals surface area contributed by atoms with Crippen LogP contribution in [0.4, 0.5) is 0 Å². The van der Waals surface area contributed by atoms with Crippen molar-refractivity contribution in [1.82, 2.24) is 0 Å².